The Morgan fingerprint density at radius 2 is 2.30 bits per heavy atom. The molecule has 23 heavy (non-hydrogen) atoms. The van der Waals surface area contributed by atoms with E-state index in [2.05, 4.69) is 16.0 Å². The van der Waals surface area contributed by atoms with Gasteiger partial charge in [-0.15, -0.1) is 0 Å². The molecule has 4 rings (SSSR count). The number of H-pyrrole nitrogens is 1. The average molecular weight is 307 g/mol. The summed E-state index contributed by atoms with van der Waals surface area (Å²) in [6.45, 7) is 1.36. The van der Waals surface area contributed by atoms with E-state index in [9.17, 15) is 4.79 Å². The molecule has 1 aliphatic rings. The molecule has 4 heterocycles. The van der Waals surface area contributed by atoms with Crippen molar-refractivity contribution < 1.29 is 9.21 Å². The molecule has 0 saturated carbocycles. The lowest BCUT2D eigenvalue weighted by molar-refractivity contribution is -0.130. The van der Waals surface area contributed by atoms with Crippen molar-refractivity contribution in [1.82, 2.24) is 14.9 Å². The van der Waals surface area contributed by atoms with E-state index in [1.807, 2.05) is 35.5 Å². The van der Waals surface area contributed by atoms with Gasteiger partial charge in [0.1, 0.15) is 5.76 Å². The van der Waals surface area contributed by atoms with Crippen LogP contribution in [-0.2, 0) is 11.2 Å². The van der Waals surface area contributed by atoms with Gasteiger partial charge in [-0.25, -0.2) is 0 Å². The van der Waals surface area contributed by atoms with Gasteiger partial charge < -0.3 is 14.3 Å². The second-order valence-electron chi connectivity index (χ2n) is 5.68. The zero-order chi connectivity index (χ0) is 15.6. The highest BCUT2D eigenvalue weighted by Gasteiger charge is 2.20. The molecule has 3 aromatic rings. The van der Waals surface area contributed by atoms with E-state index >= 15 is 0 Å². The minimum Gasteiger partial charge on any atom is -0.469 e. The van der Waals surface area contributed by atoms with Crippen LogP contribution in [0.4, 0.5) is 0 Å². The predicted molar refractivity (Wildman–Crippen MR) is 87.7 cm³/mol. The molecular weight excluding hydrogens is 290 g/mol. The molecule has 0 aromatic carbocycles. The third-order valence-corrected chi connectivity index (χ3v) is 4.25. The molecule has 0 spiro atoms. The molecule has 1 aliphatic heterocycles. The monoisotopic (exact) mass is 307 g/mol. The van der Waals surface area contributed by atoms with E-state index in [1.54, 1.807) is 12.3 Å². The van der Waals surface area contributed by atoms with E-state index in [1.165, 1.54) is 5.57 Å². The Bertz CT molecular complexity index is 861. The Morgan fingerprint density at radius 3 is 3.09 bits per heavy atom. The Morgan fingerprint density at radius 1 is 1.35 bits per heavy atom. The highest BCUT2D eigenvalue weighted by Crippen LogP contribution is 2.28. The van der Waals surface area contributed by atoms with Crippen LogP contribution in [0, 0.1) is 0 Å². The van der Waals surface area contributed by atoms with Crippen molar-refractivity contribution in [2.75, 3.05) is 13.1 Å². The van der Waals surface area contributed by atoms with Crippen LogP contribution in [0.5, 0.6) is 0 Å². The summed E-state index contributed by atoms with van der Waals surface area (Å²) in [5.74, 6) is 0.818. The number of aromatic amines is 1. The largest absolute Gasteiger partial charge is 0.469 e. The zero-order valence-corrected chi connectivity index (χ0v) is 12.7. The normalized spacial score (nSPS) is 15.0. The van der Waals surface area contributed by atoms with E-state index < -0.39 is 0 Å². The van der Waals surface area contributed by atoms with Crippen LogP contribution < -0.4 is 0 Å². The first-order chi connectivity index (χ1) is 11.3. The van der Waals surface area contributed by atoms with Gasteiger partial charge in [-0.1, -0.05) is 6.08 Å². The number of nitrogens with one attached hydrogen (secondary N) is 1. The summed E-state index contributed by atoms with van der Waals surface area (Å²) in [7, 11) is 0. The van der Waals surface area contributed by atoms with Crippen molar-refractivity contribution in [3.63, 3.8) is 0 Å². The number of hydrogen-bond donors (Lipinski definition) is 1. The molecule has 1 amide bonds. The second kappa shape index (κ2) is 5.76. The molecular formula is C18H17N3O2. The molecule has 0 fully saturated rings. The van der Waals surface area contributed by atoms with Crippen LogP contribution in [0.15, 0.2) is 53.4 Å². The van der Waals surface area contributed by atoms with E-state index in [0.717, 1.165) is 29.6 Å². The molecule has 1 N–H and O–H groups in total. The maximum Gasteiger partial charge on any atom is 0.230 e. The highest BCUT2D eigenvalue weighted by molar-refractivity contribution is 5.90. The van der Waals surface area contributed by atoms with Crippen LogP contribution in [0.1, 0.15) is 17.7 Å². The van der Waals surface area contributed by atoms with Gasteiger partial charge >= 0.3 is 0 Å². The summed E-state index contributed by atoms with van der Waals surface area (Å²) in [6, 6.07) is 7.59. The Hall–Kier alpha value is -2.82. The van der Waals surface area contributed by atoms with Gasteiger partial charge in [0, 0.05) is 31.0 Å². The summed E-state index contributed by atoms with van der Waals surface area (Å²) in [5.41, 5.74) is 4.42. The third-order valence-electron chi connectivity index (χ3n) is 4.25. The minimum atomic E-state index is 0.104. The molecule has 5 heteroatoms. The number of fused-ring (bicyclic) bond motifs is 1. The molecule has 0 bridgehead atoms. The molecule has 0 aliphatic carbocycles. The summed E-state index contributed by atoms with van der Waals surface area (Å²) in [6.07, 6.45) is 8.70. The Kier molecular flexibility index (Phi) is 3.46. The van der Waals surface area contributed by atoms with Crippen molar-refractivity contribution in [2.24, 2.45) is 0 Å². The van der Waals surface area contributed by atoms with Gasteiger partial charge in [0.05, 0.1) is 23.7 Å². The summed E-state index contributed by atoms with van der Waals surface area (Å²) >= 11 is 0. The van der Waals surface area contributed by atoms with Crippen LogP contribution in [-0.4, -0.2) is 33.9 Å². The van der Waals surface area contributed by atoms with Crippen molar-refractivity contribution in [3.05, 3.63) is 60.3 Å². The quantitative estimate of drug-likeness (QED) is 0.809. The van der Waals surface area contributed by atoms with E-state index in [-0.39, 0.29) is 5.91 Å². The maximum absolute atomic E-state index is 12.3. The van der Waals surface area contributed by atoms with Gasteiger partial charge in [-0.3, -0.25) is 9.78 Å². The van der Waals surface area contributed by atoms with Gasteiger partial charge in [0.25, 0.3) is 0 Å². The first-order valence-corrected chi connectivity index (χ1v) is 7.73. The van der Waals surface area contributed by atoms with Crippen molar-refractivity contribution in [1.29, 1.82) is 0 Å². The number of carbonyl (C=O) groups is 1. The standard InChI is InChI=1S/C18H17N3O2/c22-17(11-14-3-2-10-23-14)21-8-5-13(6-9-21)15-12-20-16-4-1-7-19-18(15)16/h1-5,7,10,12,20H,6,8-9,11H2. The Balaban J connectivity index is 1.49. The molecule has 116 valence electrons. The van der Waals surface area contributed by atoms with Crippen molar-refractivity contribution in [3.8, 4) is 0 Å². The van der Waals surface area contributed by atoms with Crippen molar-refractivity contribution >= 4 is 22.5 Å². The lowest BCUT2D eigenvalue weighted by atomic mass is 10.0. The third kappa shape index (κ3) is 2.65. The number of furan rings is 1. The van der Waals surface area contributed by atoms with Gasteiger partial charge in [0.2, 0.25) is 5.91 Å². The van der Waals surface area contributed by atoms with E-state index in [0.29, 0.717) is 18.7 Å². The number of rotatable bonds is 3. The predicted octanol–water partition coefficient (Wildman–Crippen LogP) is 3.01. The molecule has 0 saturated heterocycles. The highest BCUT2D eigenvalue weighted by atomic mass is 16.3. The lowest BCUT2D eigenvalue weighted by Gasteiger charge is -2.26. The molecule has 0 atom stereocenters. The fourth-order valence-electron chi connectivity index (χ4n) is 3.01. The van der Waals surface area contributed by atoms with Gasteiger partial charge in [0.15, 0.2) is 0 Å². The topological polar surface area (TPSA) is 62.1 Å². The zero-order valence-electron chi connectivity index (χ0n) is 12.7. The maximum atomic E-state index is 12.3. The average Bonchev–Trinajstić information content (AvgIpc) is 3.24. The molecule has 3 aromatic heterocycles. The number of aromatic nitrogens is 2. The molecule has 0 radical (unpaired) electrons. The lowest BCUT2D eigenvalue weighted by Crippen LogP contribution is -2.35. The van der Waals surface area contributed by atoms with Gasteiger partial charge in [-0.2, -0.15) is 0 Å². The summed E-state index contributed by atoms with van der Waals surface area (Å²) < 4.78 is 5.25. The van der Waals surface area contributed by atoms with Crippen LogP contribution in [0.25, 0.3) is 16.6 Å². The second-order valence-corrected chi connectivity index (χ2v) is 5.68. The first kappa shape index (κ1) is 13.8. The number of amides is 1. The summed E-state index contributed by atoms with van der Waals surface area (Å²) in [4.78, 5) is 21.9. The van der Waals surface area contributed by atoms with Crippen LogP contribution in [0.2, 0.25) is 0 Å². The summed E-state index contributed by atoms with van der Waals surface area (Å²) in [5, 5.41) is 0. The van der Waals surface area contributed by atoms with E-state index in [4.69, 9.17) is 4.42 Å². The molecule has 5 nitrogen and oxygen atoms in total. The minimum absolute atomic E-state index is 0.104. The number of pyridine rings is 1. The van der Waals surface area contributed by atoms with Crippen LogP contribution in [0.3, 0.4) is 0 Å². The number of carbonyl (C=O) groups excluding carboxylic acids is 1. The van der Waals surface area contributed by atoms with Crippen LogP contribution >= 0.6 is 0 Å². The number of nitrogens with zero attached hydrogens (tertiary/aromatic N) is 2. The fraction of sp³-hybridized carbons (Fsp3) is 0.222. The number of hydrogen-bond acceptors (Lipinski definition) is 3. The first-order valence-electron chi connectivity index (χ1n) is 7.73. The Labute approximate surface area is 133 Å². The molecule has 0 unspecified atom stereocenters. The smallest absolute Gasteiger partial charge is 0.230 e. The van der Waals surface area contributed by atoms with Crippen molar-refractivity contribution in [2.45, 2.75) is 12.8 Å². The fourth-order valence-corrected chi connectivity index (χ4v) is 3.01. The SMILES string of the molecule is O=C(Cc1ccco1)N1CC=C(c2c[nH]c3cccnc23)CC1. The van der Waals surface area contributed by atoms with Gasteiger partial charge in [-0.05, 0) is 36.3 Å².